The average molecular weight is 259 g/mol. The molecule has 1 aromatic heterocycles. The third-order valence-corrected chi connectivity index (χ3v) is 4.57. The zero-order chi connectivity index (χ0) is 12.8. The maximum atomic E-state index is 10.9. The van der Waals surface area contributed by atoms with Gasteiger partial charge in [0, 0.05) is 16.4 Å². The Kier molecular flexibility index (Phi) is 2.48. The van der Waals surface area contributed by atoms with Gasteiger partial charge in [-0.25, -0.2) is 9.78 Å². The van der Waals surface area contributed by atoms with E-state index in [4.69, 9.17) is 5.11 Å². The van der Waals surface area contributed by atoms with Crippen LogP contribution in [0.3, 0.4) is 0 Å². The van der Waals surface area contributed by atoms with Crippen LogP contribution in [0.4, 0.5) is 0 Å². The molecule has 1 aliphatic rings. The van der Waals surface area contributed by atoms with Crippen molar-refractivity contribution in [2.45, 2.75) is 25.2 Å². The van der Waals surface area contributed by atoms with Gasteiger partial charge in [-0.2, -0.15) is 0 Å². The highest BCUT2D eigenvalue weighted by molar-refractivity contribution is 7.10. The predicted octanol–water partition coefficient (Wildman–Crippen LogP) is 3.56. The van der Waals surface area contributed by atoms with E-state index in [-0.39, 0.29) is 5.41 Å². The minimum Gasteiger partial charge on any atom is -0.478 e. The number of rotatable bonds is 3. The molecule has 1 aromatic carbocycles. The molecule has 3 rings (SSSR count). The fraction of sp³-hybridized carbons (Fsp3) is 0.286. The molecule has 1 saturated carbocycles. The lowest BCUT2D eigenvalue weighted by Gasteiger charge is -2.02. The normalized spacial score (nSPS) is 16.5. The maximum Gasteiger partial charge on any atom is 0.335 e. The van der Waals surface area contributed by atoms with Crippen molar-refractivity contribution >= 4 is 17.3 Å². The summed E-state index contributed by atoms with van der Waals surface area (Å²) in [4.78, 5) is 15.6. The average Bonchev–Trinajstić information content (AvgIpc) is 2.94. The highest BCUT2D eigenvalue weighted by Crippen LogP contribution is 2.49. The molecule has 0 aliphatic heterocycles. The molecule has 4 heteroatoms. The van der Waals surface area contributed by atoms with Gasteiger partial charge in [-0.1, -0.05) is 19.1 Å². The Hall–Kier alpha value is -1.68. The molecule has 1 aliphatic carbocycles. The Morgan fingerprint density at radius 1 is 1.44 bits per heavy atom. The number of aromatic carboxylic acids is 1. The fourth-order valence-corrected chi connectivity index (χ4v) is 2.95. The Morgan fingerprint density at radius 2 is 2.22 bits per heavy atom. The molecule has 0 atom stereocenters. The van der Waals surface area contributed by atoms with E-state index in [1.807, 2.05) is 11.4 Å². The van der Waals surface area contributed by atoms with Crippen molar-refractivity contribution in [3.8, 4) is 11.3 Å². The van der Waals surface area contributed by atoms with Crippen LogP contribution in [0.25, 0.3) is 11.3 Å². The first-order chi connectivity index (χ1) is 8.58. The predicted molar refractivity (Wildman–Crippen MR) is 71.1 cm³/mol. The van der Waals surface area contributed by atoms with Crippen LogP contribution in [0, 0.1) is 0 Å². The number of thiazole rings is 1. The SMILES string of the molecule is CC1(c2nc(-c3cccc(C(=O)O)c3)cs2)CC1. The second kappa shape index (κ2) is 3.92. The summed E-state index contributed by atoms with van der Waals surface area (Å²) in [6, 6.07) is 6.94. The largest absolute Gasteiger partial charge is 0.478 e. The third-order valence-electron chi connectivity index (χ3n) is 3.43. The molecule has 0 unspecified atom stereocenters. The Labute approximate surface area is 109 Å². The fourth-order valence-electron chi connectivity index (χ4n) is 1.90. The molecule has 0 bridgehead atoms. The second-order valence-electron chi connectivity index (χ2n) is 4.98. The van der Waals surface area contributed by atoms with Crippen molar-refractivity contribution in [1.29, 1.82) is 0 Å². The number of hydrogen-bond acceptors (Lipinski definition) is 3. The maximum absolute atomic E-state index is 10.9. The summed E-state index contributed by atoms with van der Waals surface area (Å²) in [5, 5.41) is 12.2. The molecule has 1 fully saturated rings. The first-order valence-electron chi connectivity index (χ1n) is 5.88. The van der Waals surface area contributed by atoms with E-state index in [1.165, 1.54) is 17.8 Å². The van der Waals surface area contributed by atoms with Gasteiger partial charge in [-0.15, -0.1) is 11.3 Å². The molecule has 92 valence electrons. The monoisotopic (exact) mass is 259 g/mol. The molecule has 0 saturated heterocycles. The van der Waals surface area contributed by atoms with E-state index >= 15 is 0 Å². The Bertz CT molecular complexity index is 614. The lowest BCUT2D eigenvalue weighted by Crippen LogP contribution is -1.98. The van der Waals surface area contributed by atoms with Gasteiger partial charge in [0.1, 0.15) is 0 Å². The molecule has 3 nitrogen and oxygen atoms in total. The minimum absolute atomic E-state index is 0.271. The molecule has 0 amide bonds. The topological polar surface area (TPSA) is 50.2 Å². The highest BCUT2D eigenvalue weighted by atomic mass is 32.1. The number of benzene rings is 1. The van der Waals surface area contributed by atoms with Gasteiger partial charge in [0.2, 0.25) is 0 Å². The summed E-state index contributed by atoms with van der Waals surface area (Å²) in [6.45, 7) is 2.23. The molecule has 2 aromatic rings. The van der Waals surface area contributed by atoms with Crippen molar-refractivity contribution < 1.29 is 9.90 Å². The van der Waals surface area contributed by atoms with Crippen molar-refractivity contribution in [3.63, 3.8) is 0 Å². The summed E-state index contributed by atoms with van der Waals surface area (Å²) in [6.07, 6.45) is 2.41. The van der Waals surface area contributed by atoms with Gasteiger partial charge >= 0.3 is 5.97 Å². The Morgan fingerprint density at radius 3 is 2.89 bits per heavy atom. The van der Waals surface area contributed by atoms with Crippen LogP contribution < -0.4 is 0 Å². The lowest BCUT2D eigenvalue weighted by atomic mass is 10.1. The van der Waals surface area contributed by atoms with Gasteiger partial charge in [-0.05, 0) is 25.0 Å². The summed E-state index contributed by atoms with van der Waals surface area (Å²) in [7, 11) is 0. The molecule has 0 radical (unpaired) electrons. The van der Waals surface area contributed by atoms with E-state index < -0.39 is 5.97 Å². The van der Waals surface area contributed by atoms with Crippen molar-refractivity contribution in [2.24, 2.45) is 0 Å². The van der Waals surface area contributed by atoms with Crippen LogP contribution in [-0.4, -0.2) is 16.1 Å². The third kappa shape index (κ3) is 1.93. The summed E-state index contributed by atoms with van der Waals surface area (Å²) >= 11 is 1.67. The minimum atomic E-state index is -0.901. The zero-order valence-corrected chi connectivity index (χ0v) is 10.8. The zero-order valence-electron chi connectivity index (χ0n) is 10.0. The van der Waals surface area contributed by atoms with E-state index in [1.54, 1.807) is 29.5 Å². The summed E-state index contributed by atoms with van der Waals surface area (Å²) in [5.74, 6) is -0.901. The summed E-state index contributed by atoms with van der Waals surface area (Å²) < 4.78 is 0. The van der Waals surface area contributed by atoms with Gasteiger partial charge < -0.3 is 5.11 Å². The van der Waals surface area contributed by atoms with Gasteiger partial charge in [0.25, 0.3) is 0 Å². The van der Waals surface area contributed by atoms with Crippen molar-refractivity contribution in [3.05, 3.63) is 40.2 Å². The number of aromatic nitrogens is 1. The summed E-state index contributed by atoms with van der Waals surface area (Å²) in [5.41, 5.74) is 2.33. The number of carbonyl (C=O) groups is 1. The van der Waals surface area contributed by atoms with Crippen LogP contribution in [0.2, 0.25) is 0 Å². The number of nitrogens with zero attached hydrogens (tertiary/aromatic N) is 1. The molecule has 18 heavy (non-hydrogen) atoms. The van der Waals surface area contributed by atoms with Crippen LogP contribution in [0.1, 0.15) is 35.1 Å². The van der Waals surface area contributed by atoms with Gasteiger partial charge in [-0.3, -0.25) is 0 Å². The molecule has 1 heterocycles. The standard InChI is InChI=1S/C14H13NO2S/c1-14(5-6-14)13-15-11(8-18-13)9-3-2-4-10(7-9)12(16)17/h2-4,7-8H,5-6H2,1H3,(H,16,17). The quantitative estimate of drug-likeness (QED) is 0.916. The van der Waals surface area contributed by atoms with Crippen molar-refractivity contribution in [2.75, 3.05) is 0 Å². The van der Waals surface area contributed by atoms with Gasteiger partial charge in [0.05, 0.1) is 16.3 Å². The molecule has 0 spiro atoms. The second-order valence-corrected chi connectivity index (χ2v) is 5.84. The Balaban J connectivity index is 1.97. The first-order valence-corrected chi connectivity index (χ1v) is 6.76. The number of hydrogen-bond donors (Lipinski definition) is 1. The highest BCUT2D eigenvalue weighted by Gasteiger charge is 2.41. The lowest BCUT2D eigenvalue weighted by molar-refractivity contribution is 0.0697. The first kappa shape index (κ1) is 11.4. The van der Waals surface area contributed by atoms with Crippen molar-refractivity contribution in [1.82, 2.24) is 4.98 Å². The molecular weight excluding hydrogens is 246 g/mol. The molecule has 1 N–H and O–H groups in total. The van der Waals surface area contributed by atoms with E-state index in [0.29, 0.717) is 5.56 Å². The molecular formula is C14H13NO2S. The van der Waals surface area contributed by atoms with Gasteiger partial charge in [0.15, 0.2) is 0 Å². The van der Waals surface area contributed by atoms with E-state index in [0.717, 1.165) is 11.3 Å². The van der Waals surface area contributed by atoms with Crippen LogP contribution in [0.15, 0.2) is 29.6 Å². The number of carboxylic acids is 1. The van der Waals surface area contributed by atoms with Crippen LogP contribution in [0.5, 0.6) is 0 Å². The smallest absolute Gasteiger partial charge is 0.335 e. The van der Waals surface area contributed by atoms with E-state index in [2.05, 4.69) is 11.9 Å². The van der Waals surface area contributed by atoms with Crippen LogP contribution in [-0.2, 0) is 5.41 Å². The number of carboxylic acid groups (broad SMARTS) is 1. The van der Waals surface area contributed by atoms with Crippen LogP contribution >= 0.6 is 11.3 Å². The van der Waals surface area contributed by atoms with E-state index in [9.17, 15) is 4.79 Å².